The Hall–Kier alpha value is -2.81. The molecule has 1 aliphatic carbocycles. The highest BCUT2D eigenvalue weighted by Gasteiger charge is 2.57. The van der Waals surface area contributed by atoms with Crippen LogP contribution in [0.5, 0.6) is 0 Å². The van der Waals surface area contributed by atoms with E-state index in [2.05, 4.69) is 57.5 Å². The first-order valence-electron chi connectivity index (χ1n) is 16.3. The standard InChI is InChI=1S/C34H48N6O2/c1-3-26(41)9-5-4-6-10-29(38-33(42)27-22-34(27)15-19-39(2)20-16-34)32-35-23-30(37-32)25-11-13-28-24(21-25)12-14-31(36-28)40-17-7-8-18-40/h11-14,21,23,27,29,33,38,42H,3-10,15-20,22H2,1-2H3,(H,35,37)/t27-,29+,33?/m1/s1. The molecule has 0 radical (unpaired) electrons. The van der Waals surface area contributed by atoms with Crippen molar-refractivity contribution < 1.29 is 9.90 Å². The number of rotatable bonds is 13. The number of aromatic amines is 1. The van der Waals surface area contributed by atoms with Gasteiger partial charge in [0.25, 0.3) is 0 Å². The van der Waals surface area contributed by atoms with E-state index in [0.717, 1.165) is 92.1 Å². The fourth-order valence-corrected chi connectivity index (χ4v) is 7.17. The highest BCUT2D eigenvalue weighted by molar-refractivity contribution is 5.85. The number of carbonyl (C=O) groups is 1. The second-order valence-electron chi connectivity index (χ2n) is 13.1. The Bertz CT molecular complexity index is 1360. The van der Waals surface area contributed by atoms with Gasteiger partial charge in [0.2, 0.25) is 0 Å². The van der Waals surface area contributed by atoms with E-state index in [4.69, 9.17) is 9.97 Å². The van der Waals surface area contributed by atoms with Gasteiger partial charge in [-0.1, -0.05) is 25.8 Å². The van der Waals surface area contributed by atoms with Crippen molar-refractivity contribution in [1.82, 2.24) is 25.2 Å². The first kappa shape index (κ1) is 29.3. The quantitative estimate of drug-likeness (QED) is 0.175. The van der Waals surface area contributed by atoms with Crippen LogP contribution < -0.4 is 10.2 Å². The summed E-state index contributed by atoms with van der Waals surface area (Å²) in [4.78, 5) is 29.8. The van der Waals surface area contributed by atoms with Gasteiger partial charge in [0.05, 0.1) is 23.4 Å². The number of unbranched alkanes of at least 4 members (excludes halogenated alkanes) is 2. The summed E-state index contributed by atoms with van der Waals surface area (Å²) in [6.07, 6.45) is 12.4. The number of carbonyl (C=O) groups excluding carboxylic acids is 1. The number of likely N-dealkylation sites (tertiary alicyclic amines) is 1. The van der Waals surface area contributed by atoms with Gasteiger partial charge in [-0.3, -0.25) is 10.1 Å². The summed E-state index contributed by atoms with van der Waals surface area (Å²) in [6.45, 7) is 6.35. The van der Waals surface area contributed by atoms with E-state index in [1.807, 2.05) is 13.1 Å². The molecule has 226 valence electrons. The van der Waals surface area contributed by atoms with Crippen LogP contribution in [0.4, 0.5) is 5.82 Å². The van der Waals surface area contributed by atoms with Crippen LogP contribution in [-0.2, 0) is 4.79 Å². The number of nitrogens with one attached hydrogen (secondary N) is 2. The van der Waals surface area contributed by atoms with Gasteiger partial charge in [0.1, 0.15) is 23.7 Å². The topological polar surface area (TPSA) is 97.4 Å². The van der Waals surface area contributed by atoms with Crippen molar-refractivity contribution in [2.45, 2.75) is 89.8 Å². The van der Waals surface area contributed by atoms with E-state index >= 15 is 0 Å². The van der Waals surface area contributed by atoms with Crippen LogP contribution in [0.3, 0.4) is 0 Å². The third-order valence-electron chi connectivity index (χ3n) is 10.2. The number of piperidine rings is 1. The molecule has 1 unspecified atom stereocenters. The summed E-state index contributed by atoms with van der Waals surface area (Å²) < 4.78 is 0. The molecule has 4 heterocycles. The SMILES string of the molecule is CCC(=O)CCCCC[C@H](NC(O)[C@H]1CC12CCN(C)CC2)c1ncc(-c2ccc3nc(N4CCCC4)ccc3c2)[nH]1. The Morgan fingerprint density at radius 3 is 2.71 bits per heavy atom. The molecule has 2 aliphatic heterocycles. The molecule has 8 nitrogen and oxygen atoms in total. The highest BCUT2D eigenvalue weighted by atomic mass is 16.3. The number of hydrogen-bond acceptors (Lipinski definition) is 7. The van der Waals surface area contributed by atoms with E-state index < -0.39 is 6.23 Å². The van der Waals surface area contributed by atoms with Gasteiger partial charge >= 0.3 is 0 Å². The molecule has 3 aliphatic rings. The maximum absolute atomic E-state index is 11.8. The molecule has 0 amide bonds. The lowest BCUT2D eigenvalue weighted by molar-refractivity contribution is -0.118. The van der Waals surface area contributed by atoms with Gasteiger partial charge in [-0.2, -0.15) is 0 Å². The van der Waals surface area contributed by atoms with Crippen molar-refractivity contribution in [3.8, 4) is 11.3 Å². The molecular formula is C34H48N6O2. The molecule has 1 aromatic carbocycles. The second kappa shape index (κ2) is 12.8. The van der Waals surface area contributed by atoms with Crippen LogP contribution in [0.1, 0.15) is 89.4 Å². The highest BCUT2D eigenvalue weighted by Crippen LogP contribution is 2.60. The maximum Gasteiger partial charge on any atom is 0.132 e. The van der Waals surface area contributed by atoms with Crippen molar-refractivity contribution in [2.75, 3.05) is 38.1 Å². The third kappa shape index (κ3) is 6.56. The molecule has 1 spiro atoms. The number of imidazole rings is 1. The van der Waals surface area contributed by atoms with E-state index in [9.17, 15) is 9.90 Å². The smallest absolute Gasteiger partial charge is 0.132 e. The van der Waals surface area contributed by atoms with Gasteiger partial charge in [-0.25, -0.2) is 9.97 Å². The van der Waals surface area contributed by atoms with Crippen molar-refractivity contribution in [3.05, 3.63) is 42.4 Å². The maximum atomic E-state index is 11.8. The number of anilines is 1. The molecule has 2 aromatic heterocycles. The molecule has 3 aromatic rings. The summed E-state index contributed by atoms with van der Waals surface area (Å²) in [7, 11) is 2.19. The summed E-state index contributed by atoms with van der Waals surface area (Å²) in [5, 5.41) is 16.0. The summed E-state index contributed by atoms with van der Waals surface area (Å²) in [6, 6.07) is 10.7. The molecule has 3 fully saturated rings. The average molecular weight is 573 g/mol. The van der Waals surface area contributed by atoms with Crippen LogP contribution in [0, 0.1) is 11.3 Å². The Kier molecular flexibility index (Phi) is 8.93. The van der Waals surface area contributed by atoms with Crippen LogP contribution in [-0.4, -0.2) is 70.2 Å². The minimum Gasteiger partial charge on any atom is -0.378 e. The number of aliphatic hydroxyl groups is 1. The molecule has 2 saturated heterocycles. The Morgan fingerprint density at radius 1 is 1.12 bits per heavy atom. The number of Topliss-reactive ketones (excluding diaryl/α,β-unsaturated/α-hetero) is 1. The Balaban J connectivity index is 1.14. The minimum atomic E-state index is -0.537. The fourth-order valence-electron chi connectivity index (χ4n) is 7.17. The summed E-state index contributed by atoms with van der Waals surface area (Å²) in [5.74, 6) is 2.59. The number of ketones is 1. The lowest BCUT2D eigenvalue weighted by atomic mass is 9.90. The lowest BCUT2D eigenvalue weighted by Crippen LogP contribution is -2.39. The Morgan fingerprint density at radius 2 is 1.93 bits per heavy atom. The molecule has 8 heteroatoms. The van der Waals surface area contributed by atoms with E-state index in [1.165, 1.54) is 25.7 Å². The molecule has 3 N–H and O–H groups in total. The normalized spacial score (nSPS) is 21.7. The largest absolute Gasteiger partial charge is 0.378 e. The van der Waals surface area contributed by atoms with Crippen molar-refractivity contribution >= 4 is 22.5 Å². The zero-order valence-corrected chi connectivity index (χ0v) is 25.4. The number of H-pyrrole nitrogens is 1. The van der Waals surface area contributed by atoms with Crippen molar-refractivity contribution in [3.63, 3.8) is 0 Å². The number of benzene rings is 1. The molecule has 0 bridgehead atoms. The number of aliphatic hydroxyl groups excluding tert-OH is 1. The van der Waals surface area contributed by atoms with Crippen LogP contribution in [0.15, 0.2) is 36.5 Å². The summed E-state index contributed by atoms with van der Waals surface area (Å²) >= 11 is 0. The molecule has 42 heavy (non-hydrogen) atoms. The van der Waals surface area contributed by atoms with E-state index in [-0.39, 0.29) is 6.04 Å². The van der Waals surface area contributed by atoms with Crippen LogP contribution in [0.25, 0.3) is 22.2 Å². The van der Waals surface area contributed by atoms with Crippen LogP contribution >= 0.6 is 0 Å². The van der Waals surface area contributed by atoms with Crippen LogP contribution in [0.2, 0.25) is 0 Å². The Labute approximate surface area is 250 Å². The zero-order valence-electron chi connectivity index (χ0n) is 25.4. The second-order valence-corrected chi connectivity index (χ2v) is 13.1. The van der Waals surface area contributed by atoms with Gasteiger partial charge in [-0.05, 0) is 94.8 Å². The third-order valence-corrected chi connectivity index (χ3v) is 10.2. The van der Waals surface area contributed by atoms with Gasteiger partial charge in [-0.15, -0.1) is 0 Å². The molecular weight excluding hydrogens is 524 g/mol. The average Bonchev–Trinajstić information content (AvgIpc) is 3.36. The lowest BCUT2D eigenvalue weighted by Gasteiger charge is -2.31. The minimum absolute atomic E-state index is 0.0651. The monoisotopic (exact) mass is 572 g/mol. The molecule has 3 atom stereocenters. The van der Waals surface area contributed by atoms with Gasteiger partial charge in [0.15, 0.2) is 0 Å². The molecule has 6 rings (SSSR count). The predicted octanol–water partition coefficient (Wildman–Crippen LogP) is 5.84. The first-order chi connectivity index (χ1) is 20.4. The number of aromatic nitrogens is 3. The van der Waals surface area contributed by atoms with E-state index in [0.29, 0.717) is 30.0 Å². The zero-order chi connectivity index (χ0) is 29.1. The van der Waals surface area contributed by atoms with E-state index in [1.54, 1.807) is 0 Å². The number of hydrogen-bond donors (Lipinski definition) is 3. The van der Waals surface area contributed by atoms with Gasteiger partial charge in [0, 0.05) is 42.8 Å². The fraction of sp³-hybridized carbons (Fsp3) is 0.618. The van der Waals surface area contributed by atoms with Crippen molar-refractivity contribution in [2.24, 2.45) is 11.3 Å². The summed E-state index contributed by atoms with van der Waals surface area (Å²) in [5.41, 5.74) is 3.37. The number of pyridine rings is 1. The molecule has 1 saturated carbocycles. The van der Waals surface area contributed by atoms with Crippen molar-refractivity contribution in [1.29, 1.82) is 0 Å². The predicted molar refractivity (Wildman–Crippen MR) is 168 cm³/mol. The van der Waals surface area contributed by atoms with Gasteiger partial charge < -0.3 is 19.9 Å². The number of nitrogens with zero attached hydrogens (tertiary/aromatic N) is 4. The first-order valence-corrected chi connectivity index (χ1v) is 16.3. The number of fused-ring (bicyclic) bond motifs is 1.